The van der Waals surface area contributed by atoms with Crippen LogP contribution in [0.2, 0.25) is 0 Å². The van der Waals surface area contributed by atoms with Crippen LogP contribution < -0.4 is 5.32 Å². The Hall–Kier alpha value is -2.23. The van der Waals surface area contributed by atoms with Gasteiger partial charge in [-0.15, -0.1) is 0 Å². The summed E-state index contributed by atoms with van der Waals surface area (Å²) in [6.07, 6.45) is 6.46. The molecule has 27 heavy (non-hydrogen) atoms. The van der Waals surface area contributed by atoms with Crippen LogP contribution in [0.1, 0.15) is 38.2 Å². The van der Waals surface area contributed by atoms with E-state index in [1.54, 1.807) is 6.33 Å². The van der Waals surface area contributed by atoms with Crippen LogP contribution in [0.25, 0.3) is 10.9 Å². The lowest BCUT2D eigenvalue weighted by atomic mass is 9.89. The summed E-state index contributed by atoms with van der Waals surface area (Å²) >= 11 is 0. The molecule has 4 rings (SSSR count). The van der Waals surface area contributed by atoms with Gasteiger partial charge in [-0.05, 0) is 50.4 Å². The fourth-order valence-corrected chi connectivity index (χ4v) is 4.46. The normalized spacial score (nSPS) is 24.6. The number of aromatic nitrogens is 2. The summed E-state index contributed by atoms with van der Waals surface area (Å²) in [5.41, 5.74) is 1.46. The number of nitriles is 1. The van der Waals surface area contributed by atoms with Crippen LogP contribution >= 0.6 is 0 Å². The van der Waals surface area contributed by atoms with Gasteiger partial charge in [0.15, 0.2) is 0 Å². The molecule has 2 aliphatic rings. The number of fused-ring (bicyclic) bond motifs is 1. The van der Waals surface area contributed by atoms with Crippen molar-refractivity contribution in [2.24, 2.45) is 0 Å². The van der Waals surface area contributed by atoms with Crippen molar-refractivity contribution in [3.8, 4) is 6.07 Å². The van der Waals surface area contributed by atoms with Gasteiger partial charge in [-0.3, -0.25) is 4.90 Å². The summed E-state index contributed by atoms with van der Waals surface area (Å²) in [4.78, 5) is 14.0. The average molecular weight is 364 g/mol. The van der Waals surface area contributed by atoms with Crippen LogP contribution in [0.15, 0.2) is 24.5 Å². The van der Waals surface area contributed by atoms with Crippen molar-refractivity contribution >= 4 is 16.7 Å². The van der Waals surface area contributed by atoms with E-state index in [9.17, 15) is 0 Å². The summed E-state index contributed by atoms with van der Waals surface area (Å²) in [6, 6.07) is 9.00. The van der Waals surface area contributed by atoms with Crippen molar-refractivity contribution in [3.05, 3.63) is 30.1 Å². The van der Waals surface area contributed by atoms with E-state index < -0.39 is 0 Å². The van der Waals surface area contributed by atoms with Crippen molar-refractivity contribution in [1.82, 2.24) is 19.8 Å². The van der Waals surface area contributed by atoms with E-state index in [-0.39, 0.29) is 0 Å². The number of anilines is 1. The maximum Gasteiger partial charge on any atom is 0.137 e. The Bertz CT molecular complexity index is 813. The third kappa shape index (κ3) is 4.05. The van der Waals surface area contributed by atoms with E-state index in [1.807, 2.05) is 18.2 Å². The van der Waals surface area contributed by atoms with Gasteiger partial charge in [-0.25, -0.2) is 9.97 Å². The van der Waals surface area contributed by atoms with Gasteiger partial charge in [0.1, 0.15) is 12.1 Å². The summed E-state index contributed by atoms with van der Waals surface area (Å²) in [7, 11) is 0. The van der Waals surface area contributed by atoms with Crippen molar-refractivity contribution in [3.63, 3.8) is 0 Å². The first kappa shape index (κ1) is 18.1. The van der Waals surface area contributed by atoms with Gasteiger partial charge in [-0.2, -0.15) is 5.26 Å². The van der Waals surface area contributed by atoms with E-state index in [0.29, 0.717) is 11.6 Å². The van der Waals surface area contributed by atoms with Crippen LogP contribution in [-0.4, -0.2) is 64.6 Å². The largest absolute Gasteiger partial charge is 0.367 e. The van der Waals surface area contributed by atoms with Gasteiger partial charge < -0.3 is 10.2 Å². The molecule has 0 atom stereocenters. The summed E-state index contributed by atoms with van der Waals surface area (Å²) in [6.45, 7) is 8.29. The summed E-state index contributed by atoms with van der Waals surface area (Å²) in [5, 5.41) is 13.7. The quantitative estimate of drug-likeness (QED) is 0.900. The zero-order chi connectivity index (χ0) is 18.6. The number of rotatable bonds is 4. The highest BCUT2D eigenvalue weighted by atomic mass is 15.3. The minimum absolute atomic E-state index is 0.465. The molecule has 1 saturated heterocycles. The van der Waals surface area contributed by atoms with Crippen LogP contribution in [0, 0.1) is 11.3 Å². The Labute approximate surface area is 161 Å². The zero-order valence-electron chi connectivity index (χ0n) is 16.1. The third-order valence-electron chi connectivity index (χ3n) is 6.17. The molecule has 0 bridgehead atoms. The molecule has 0 radical (unpaired) electrons. The number of benzene rings is 1. The number of likely N-dealkylation sites (N-methyl/N-ethyl adjacent to an activating group) is 1. The van der Waals surface area contributed by atoms with Crippen molar-refractivity contribution in [2.45, 2.75) is 44.7 Å². The molecular weight excluding hydrogens is 336 g/mol. The van der Waals surface area contributed by atoms with E-state index in [4.69, 9.17) is 5.26 Å². The highest BCUT2D eigenvalue weighted by Gasteiger charge is 2.28. The minimum Gasteiger partial charge on any atom is -0.367 e. The molecule has 1 N–H and O–H groups in total. The summed E-state index contributed by atoms with van der Waals surface area (Å²) in [5.74, 6) is 0.893. The fourth-order valence-electron chi connectivity index (χ4n) is 4.46. The van der Waals surface area contributed by atoms with E-state index in [1.165, 1.54) is 58.4 Å². The standard InChI is InChI=1S/C21H28N6/c1-2-26-9-11-27(12-10-26)18-6-4-17(5-7-18)25-21-19-8-3-16(14-22)13-20(19)23-15-24-21/h3,8,13,15,17-18H,2,4-7,9-12H2,1H3,(H,23,24,25). The second-order valence-electron chi connectivity index (χ2n) is 7.69. The number of hydrogen-bond donors (Lipinski definition) is 1. The lowest BCUT2D eigenvalue weighted by Crippen LogP contribution is -2.51. The molecule has 1 aliphatic heterocycles. The third-order valence-corrected chi connectivity index (χ3v) is 6.17. The lowest BCUT2D eigenvalue weighted by molar-refractivity contribution is 0.0800. The van der Waals surface area contributed by atoms with Crippen LogP contribution in [-0.2, 0) is 0 Å². The molecule has 6 nitrogen and oxygen atoms in total. The van der Waals surface area contributed by atoms with Gasteiger partial charge in [-0.1, -0.05) is 6.92 Å². The Balaban J connectivity index is 1.36. The Kier molecular flexibility index (Phi) is 5.51. The molecule has 0 spiro atoms. The first-order valence-corrected chi connectivity index (χ1v) is 10.1. The molecule has 1 aliphatic carbocycles. The zero-order valence-corrected chi connectivity index (χ0v) is 16.1. The highest BCUT2D eigenvalue weighted by molar-refractivity contribution is 5.89. The summed E-state index contributed by atoms with van der Waals surface area (Å²) < 4.78 is 0. The number of hydrogen-bond acceptors (Lipinski definition) is 6. The van der Waals surface area contributed by atoms with Gasteiger partial charge in [0.05, 0.1) is 17.1 Å². The molecule has 1 aromatic carbocycles. The number of nitrogens with zero attached hydrogens (tertiary/aromatic N) is 5. The predicted molar refractivity (Wildman–Crippen MR) is 108 cm³/mol. The second kappa shape index (κ2) is 8.20. The average Bonchev–Trinajstić information content (AvgIpc) is 2.74. The monoisotopic (exact) mass is 364 g/mol. The molecule has 2 heterocycles. The van der Waals surface area contributed by atoms with Gasteiger partial charge in [0.2, 0.25) is 0 Å². The fraction of sp³-hybridized carbons (Fsp3) is 0.571. The molecule has 6 heteroatoms. The van der Waals surface area contributed by atoms with Crippen LogP contribution in [0.3, 0.4) is 0 Å². The van der Waals surface area contributed by atoms with E-state index >= 15 is 0 Å². The van der Waals surface area contributed by atoms with Gasteiger partial charge in [0, 0.05) is 43.6 Å². The Morgan fingerprint density at radius 1 is 1.11 bits per heavy atom. The second-order valence-corrected chi connectivity index (χ2v) is 7.69. The van der Waals surface area contributed by atoms with Gasteiger partial charge >= 0.3 is 0 Å². The van der Waals surface area contributed by atoms with E-state index in [2.05, 4.69) is 38.1 Å². The smallest absolute Gasteiger partial charge is 0.137 e. The predicted octanol–water partition coefficient (Wildman–Crippen LogP) is 2.86. The first-order valence-electron chi connectivity index (χ1n) is 10.1. The van der Waals surface area contributed by atoms with Crippen molar-refractivity contribution < 1.29 is 0 Å². The maximum absolute atomic E-state index is 9.07. The maximum atomic E-state index is 9.07. The molecule has 2 fully saturated rings. The van der Waals surface area contributed by atoms with Crippen molar-refractivity contribution in [2.75, 3.05) is 38.0 Å². The first-order chi connectivity index (χ1) is 13.3. The van der Waals surface area contributed by atoms with Gasteiger partial charge in [0.25, 0.3) is 0 Å². The van der Waals surface area contributed by atoms with E-state index in [0.717, 1.165) is 22.8 Å². The van der Waals surface area contributed by atoms with Crippen LogP contribution in [0.5, 0.6) is 0 Å². The topological polar surface area (TPSA) is 68.1 Å². The molecule has 2 aromatic rings. The lowest BCUT2D eigenvalue weighted by Gasteiger charge is -2.42. The molecule has 1 saturated carbocycles. The Morgan fingerprint density at radius 3 is 2.59 bits per heavy atom. The molecule has 142 valence electrons. The number of piperazine rings is 1. The molecular formula is C21H28N6. The SMILES string of the molecule is CCN1CCN(C2CCC(Nc3ncnc4cc(C#N)ccc34)CC2)CC1. The minimum atomic E-state index is 0.465. The molecule has 1 aromatic heterocycles. The highest BCUT2D eigenvalue weighted by Crippen LogP contribution is 2.28. The number of nitrogens with one attached hydrogen (secondary N) is 1. The van der Waals surface area contributed by atoms with Crippen LogP contribution in [0.4, 0.5) is 5.82 Å². The Morgan fingerprint density at radius 2 is 1.89 bits per heavy atom. The molecule has 0 amide bonds. The molecule has 0 unspecified atom stereocenters. The van der Waals surface area contributed by atoms with Crippen molar-refractivity contribution in [1.29, 1.82) is 5.26 Å².